The molecule has 142 valence electrons. The number of benzene rings is 1. The van der Waals surface area contributed by atoms with E-state index in [2.05, 4.69) is 5.16 Å². The van der Waals surface area contributed by atoms with Crippen molar-refractivity contribution < 1.29 is 13.7 Å². The molecule has 0 aliphatic heterocycles. The molecule has 0 aliphatic rings. The smallest absolute Gasteiger partial charge is 0.256 e. The van der Waals surface area contributed by atoms with Gasteiger partial charge in [0.15, 0.2) is 0 Å². The van der Waals surface area contributed by atoms with Crippen molar-refractivity contribution in [1.29, 1.82) is 0 Å². The van der Waals surface area contributed by atoms with Gasteiger partial charge in [0.25, 0.3) is 5.91 Å². The van der Waals surface area contributed by atoms with Crippen LogP contribution in [0.3, 0.4) is 0 Å². The molecule has 2 aromatic heterocycles. The minimum atomic E-state index is -0.0406. The Bertz CT molecular complexity index is 854. The molecule has 27 heavy (non-hydrogen) atoms. The van der Waals surface area contributed by atoms with Crippen LogP contribution in [0.5, 0.6) is 0 Å². The van der Waals surface area contributed by atoms with Crippen LogP contribution < -0.4 is 5.73 Å². The van der Waals surface area contributed by atoms with Crippen LogP contribution in [-0.2, 0) is 13.0 Å². The Labute approximate surface area is 158 Å². The van der Waals surface area contributed by atoms with Crippen molar-refractivity contribution in [3.63, 3.8) is 0 Å². The van der Waals surface area contributed by atoms with Crippen molar-refractivity contribution in [2.75, 3.05) is 13.6 Å². The van der Waals surface area contributed by atoms with Crippen molar-refractivity contribution in [2.45, 2.75) is 32.2 Å². The molecular formula is C21H25N3O3. The summed E-state index contributed by atoms with van der Waals surface area (Å²) in [6.45, 7) is 0.998. The number of aryl methyl sites for hydroxylation is 1. The van der Waals surface area contributed by atoms with Crippen molar-refractivity contribution >= 4 is 5.91 Å². The Morgan fingerprint density at radius 1 is 1.11 bits per heavy atom. The number of furan rings is 1. The molecule has 3 rings (SSSR count). The lowest BCUT2D eigenvalue weighted by atomic mass is 10.1. The number of unbranched alkanes of at least 4 members (excludes halogenated alkanes) is 2. The highest BCUT2D eigenvalue weighted by Crippen LogP contribution is 2.19. The molecule has 1 amide bonds. The minimum absolute atomic E-state index is 0.0406. The molecule has 0 aliphatic carbocycles. The van der Waals surface area contributed by atoms with Crippen LogP contribution >= 0.6 is 0 Å². The lowest BCUT2D eigenvalue weighted by Gasteiger charge is -2.15. The van der Waals surface area contributed by atoms with E-state index in [0.717, 1.165) is 42.7 Å². The number of nitrogens with zero attached hydrogens (tertiary/aromatic N) is 2. The number of nitrogens with two attached hydrogens (primary N) is 1. The molecular weight excluding hydrogens is 342 g/mol. The molecule has 2 heterocycles. The third-order valence-corrected chi connectivity index (χ3v) is 4.49. The molecule has 0 spiro atoms. The molecule has 1 aromatic carbocycles. The summed E-state index contributed by atoms with van der Waals surface area (Å²) in [6, 6.07) is 13.7. The van der Waals surface area contributed by atoms with Gasteiger partial charge in [-0.05, 0) is 18.9 Å². The van der Waals surface area contributed by atoms with Crippen LogP contribution in [0.15, 0.2) is 57.7 Å². The number of amides is 1. The van der Waals surface area contributed by atoms with Gasteiger partial charge in [0, 0.05) is 31.6 Å². The third-order valence-electron chi connectivity index (χ3n) is 4.49. The molecule has 6 heteroatoms. The molecule has 0 unspecified atom stereocenters. The number of hydrogen-bond donors (Lipinski definition) is 1. The van der Waals surface area contributed by atoms with Gasteiger partial charge in [-0.2, -0.15) is 0 Å². The summed E-state index contributed by atoms with van der Waals surface area (Å²) in [4.78, 5) is 14.0. The highest BCUT2D eigenvalue weighted by Gasteiger charge is 2.14. The van der Waals surface area contributed by atoms with Gasteiger partial charge in [-0.25, -0.2) is 0 Å². The van der Waals surface area contributed by atoms with Crippen LogP contribution in [-0.4, -0.2) is 29.6 Å². The largest absolute Gasteiger partial charge is 0.467 e. The average molecular weight is 367 g/mol. The van der Waals surface area contributed by atoms with Gasteiger partial charge in [-0.3, -0.25) is 4.79 Å². The Morgan fingerprint density at radius 2 is 1.93 bits per heavy atom. The first-order valence-corrected chi connectivity index (χ1v) is 9.21. The van der Waals surface area contributed by atoms with Gasteiger partial charge in [-0.1, -0.05) is 41.9 Å². The van der Waals surface area contributed by atoms with E-state index in [9.17, 15) is 4.79 Å². The van der Waals surface area contributed by atoms with Gasteiger partial charge in [0.2, 0.25) is 0 Å². The van der Waals surface area contributed by atoms with Crippen LogP contribution in [0.25, 0.3) is 11.3 Å². The summed E-state index contributed by atoms with van der Waals surface area (Å²) in [6.07, 6.45) is 5.25. The van der Waals surface area contributed by atoms with Crippen molar-refractivity contribution in [2.24, 2.45) is 5.73 Å². The minimum Gasteiger partial charge on any atom is -0.467 e. The van der Waals surface area contributed by atoms with Crippen LogP contribution in [0, 0.1) is 0 Å². The number of rotatable bonds is 9. The zero-order valence-electron chi connectivity index (χ0n) is 15.6. The zero-order chi connectivity index (χ0) is 19.1. The molecule has 3 aromatic rings. The van der Waals surface area contributed by atoms with Crippen molar-refractivity contribution in [1.82, 2.24) is 10.1 Å². The summed E-state index contributed by atoms with van der Waals surface area (Å²) < 4.78 is 10.6. The predicted octanol–water partition coefficient (Wildman–Crippen LogP) is 3.88. The number of hydrogen-bond acceptors (Lipinski definition) is 5. The van der Waals surface area contributed by atoms with E-state index in [1.807, 2.05) is 36.4 Å². The topological polar surface area (TPSA) is 85.5 Å². The summed E-state index contributed by atoms with van der Waals surface area (Å²) in [7, 11) is 1.81. The van der Waals surface area contributed by atoms with Gasteiger partial charge in [-0.15, -0.1) is 0 Å². The van der Waals surface area contributed by atoms with E-state index in [1.54, 1.807) is 18.0 Å². The molecule has 0 radical (unpaired) electrons. The maximum atomic E-state index is 12.3. The van der Waals surface area contributed by atoms with Crippen LogP contribution in [0.4, 0.5) is 0 Å². The second-order valence-corrected chi connectivity index (χ2v) is 6.59. The first-order valence-electron chi connectivity index (χ1n) is 9.21. The lowest BCUT2D eigenvalue weighted by molar-refractivity contribution is 0.0792. The second-order valence-electron chi connectivity index (χ2n) is 6.59. The fraction of sp³-hybridized carbons (Fsp3) is 0.333. The fourth-order valence-corrected chi connectivity index (χ4v) is 2.92. The Hall–Kier alpha value is -2.86. The number of carbonyl (C=O) groups excluding carboxylic acids is 1. The van der Waals surface area contributed by atoms with Gasteiger partial charge in [0.1, 0.15) is 23.5 Å². The van der Waals surface area contributed by atoms with Crippen molar-refractivity contribution in [3.05, 3.63) is 65.8 Å². The normalized spacial score (nSPS) is 10.9. The lowest BCUT2D eigenvalue weighted by Crippen LogP contribution is -2.27. The SMILES string of the molecule is CN(CCCCCc1cc(-c2ccccc2)no1)C(=O)c1coc(CN)c1. The highest BCUT2D eigenvalue weighted by atomic mass is 16.5. The van der Waals surface area contributed by atoms with E-state index in [0.29, 0.717) is 24.4 Å². The maximum absolute atomic E-state index is 12.3. The molecule has 6 nitrogen and oxygen atoms in total. The number of carbonyl (C=O) groups is 1. The maximum Gasteiger partial charge on any atom is 0.256 e. The third kappa shape index (κ3) is 5.08. The first kappa shape index (κ1) is 18.9. The van der Waals surface area contributed by atoms with E-state index in [4.69, 9.17) is 14.7 Å². The van der Waals surface area contributed by atoms with Gasteiger partial charge in [0.05, 0.1) is 12.1 Å². The summed E-state index contributed by atoms with van der Waals surface area (Å²) in [5, 5.41) is 4.13. The molecule has 0 atom stereocenters. The standard InChI is InChI=1S/C21H25N3O3/c1-24(21(25)17-12-19(14-22)26-15-17)11-7-3-6-10-18-13-20(23-27-18)16-8-4-2-5-9-16/h2,4-5,8-9,12-13,15H,3,6-7,10-11,14,22H2,1H3. The molecule has 0 saturated carbocycles. The summed E-state index contributed by atoms with van der Waals surface area (Å²) >= 11 is 0. The zero-order valence-corrected chi connectivity index (χ0v) is 15.6. The van der Waals surface area contributed by atoms with Crippen molar-refractivity contribution in [3.8, 4) is 11.3 Å². The Kier molecular flexibility index (Phi) is 6.44. The van der Waals surface area contributed by atoms with E-state index >= 15 is 0 Å². The highest BCUT2D eigenvalue weighted by molar-refractivity contribution is 5.93. The number of aromatic nitrogens is 1. The van der Waals surface area contributed by atoms with Gasteiger partial charge >= 0.3 is 0 Å². The fourth-order valence-electron chi connectivity index (χ4n) is 2.92. The Balaban J connectivity index is 1.38. The average Bonchev–Trinajstić information content (AvgIpc) is 3.37. The molecule has 0 fully saturated rings. The van der Waals surface area contributed by atoms with Crippen LogP contribution in [0.2, 0.25) is 0 Å². The van der Waals surface area contributed by atoms with Crippen LogP contribution in [0.1, 0.15) is 41.1 Å². The molecule has 0 bridgehead atoms. The molecule has 0 saturated heterocycles. The summed E-state index contributed by atoms with van der Waals surface area (Å²) in [5.41, 5.74) is 7.98. The quantitative estimate of drug-likeness (QED) is 0.580. The second kappa shape index (κ2) is 9.19. The molecule has 2 N–H and O–H groups in total. The Morgan fingerprint density at radius 3 is 2.67 bits per heavy atom. The van der Waals surface area contributed by atoms with E-state index < -0.39 is 0 Å². The monoisotopic (exact) mass is 367 g/mol. The van der Waals surface area contributed by atoms with E-state index in [-0.39, 0.29) is 5.91 Å². The summed E-state index contributed by atoms with van der Waals surface area (Å²) in [5.74, 6) is 1.47. The predicted molar refractivity (Wildman–Crippen MR) is 103 cm³/mol. The first-order chi connectivity index (χ1) is 13.2. The van der Waals surface area contributed by atoms with E-state index in [1.165, 1.54) is 6.26 Å². The van der Waals surface area contributed by atoms with Gasteiger partial charge < -0.3 is 19.6 Å².